The van der Waals surface area contributed by atoms with E-state index in [1.165, 1.54) is 59.0 Å². The molecule has 0 aromatic heterocycles. The first-order valence-electron chi connectivity index (χ1n) is 12.5. The summed E-state index contributed by atoms with van der Waals surface area (Å²) in [5.41, 5.74) is -0.438. The van der Waals surface area contributed by atoms with E-state index in [-0.39, 0.29) is 23.7 Å². The van der Waals surface area contributed by atoms with E-state index >= 15 is 0 Å². The lowest BCUT2D eigenvalue weighted by atomic mass is 9.40. The fraction of sp³-hybridized carbons (Fsp3) is 0.852. The Hall–Kier alpha value is -1.36. The van der Waals surface area contributed by atoms with Crippen LogP contribution < -0.4 is 0 Å². The van der Waals surface area contributed by atoms with Gasteiger partial charge in [-0.15, -0.1) is 0 Å². The first kappa shape index (κ1) is 23.8. The molecule has 7 atom stereocenters. The van der Waals surface area contributed by atoms with Gasteiger partial charge in [-0.3, -0.25) is 9.59 Å². The topological polar surface area (TPSA) is 72.8 Å². The standard InChI is InChI=1S/C27H42O5/c1-23-11-7-20-26(4)10-6-9-24(2,19(26)8-12-27(20,17-23)14-13-23)18-32-22(29)16-25(3,30)15-21(28)31-5/h13-14,19-20,30H,6-12,15-18H2,1-5H3/t19-,20+,23-,24+,25-,26-,27+/m1/s1. The van der Waals surface area contributed by atoms with Crippen molar-refractivity contribution in [3.63, 3.8) is 0 Å². The lowest BCUT2D eigenvalue weighted by Crippen LogP contribution is -2.58. The summed E-state index contributed by atoms with van der Waals surface area (Å²) >= 11 is 0. The van der Waals surface area contributed by atoms with Crippen molar-refractivity contribution in [1.29, 1.82) is 0 Å². The van der Waals surface area contributed by atoms with Gasteiger partial charge in [-0.05, 0) is 80.0 Å². The Bertz CT molecular complexity index is 802. The monoisotopic (exact) mass is 446 g/mol. The maximum atomic E-state index is 12.6. The van der Waals surface area contributed by atoms with Crippen LogP contribution in [-0.2, 0) is 19.1 Å². The first-order chi connectivity index (χ1) is 14.9. The van der Waals surface area contributed by atoms with Crippen molar-refractivity contribution in [2.24, 2.45) is 33.5 Å². The Labute approximate surface area is 193 Å². The number of allylic oxidation sites excluding steroid dienone is 2. The molecule has 3 saturated carbocycles. The summed E-state index contributed by atoms with van der Waals surface area (Å²) in [5.74, 6) is 0.295. The van der Waals surface area contributed by atoms with Crippen LogP contribution in [0.3, 0.4) is 0 Å². The van der Waals surface area contributed by atoms with Crippen LogP contribution in [0.15, 0.2) is 12.2 Å². The summed E-state index contributed by atoms with van der Waals surface area (Å²) in [5, 5.41) is 10.4. The number of fused-ring (bicyclic) bond motifs is 3. The predicted molar refractivity (Wildman–Crippen MR) is 123 cm³/mol. The number of carbonyl (C=O) groups excluding carboxylic acids is 2. The SMILES string of the molecule is COC(=O)C[C@@](C)(O)CC(=O)OC[C@]1(C)CCC[C@]2(C)[C@@H]1CC[C@@]13C=C[C@@](C)(CC[C@H]12)C3. The van der Waals surface area contributed by atoms with Crippen LogP contribution >= 0.6 is 0 Å². The summed E-state index contributed by atoms with van der Waals surface area (Å²) in [6, 6.07) is 0. The van der Waals surface area contributed by atoms with Crippen molar-refractivity contribution in [1.82, 2.24) is 0 Å². The number of esters is 2. The van der Waals surface area contributed by atoms with Crippen LogP contribution in [0.4, 0.5) is 0 Å². The number of hydrogen-bond donors (Lipinski definition) is 1. The van der Waals surface area contributed by atoms with Gasteiger partial charge in [0.2, 0.25) is 0 Å². The third-order valence-corrected chi connectivity index (χ3v) is 9.88. The highest BCUT2D eigenvalue weighted by atomic mass is 16.5. The zero-order valence-corrected chi connectivity index (χ0v) is 20.7. The van der Waals surface area contributed by atoms with Crippen LogP contribution in [0.25, 0.3) is 0 Å². The molecule has 5 nitrogen and oxygen atoms in total. The molecule has 32 heavy (non-hydrogen) atoms. The van der Waals surface area contributed by atoms with E-state index in [0.29, 0.717) is 23.4 Å². The van der Waals surface area contributed by atoms with Crippen LogP contribution in [0.5, 0.6) is 0 Å². The minimum Gasteiger partial charge on any atom is -0.469 e. The van der Waals surface area contributed by atoms with Crippen LogP contribution in [0.1, 0.15) is 91.9 Å². The van der Waals surface area contributed by atoms with Gasteiger partial charge in [-0.2, -0.15) is 0 Å². The number of methoxy groups -OCH3 is 1. The van der Waals surface area contributed by atoms with E-state index in [1.807, 2.05) is 0 Å². The maximum absolute atomic E-state index is 12.6. The molecule has 3 fully saturated rings. The molecule has 0 heterocycles. The summed E-state index contributed by atoms with van der Waals surface area (Å²) < 4.78 is 10.4. The molecule has 0 unspecified atom stereocenters. The second-order valence-corrected chi connectivity index (χ2v) is 12.7. The van der Waals surface area contributed by atoms with E-state index in [9.17, 15) is 14.7 Å². The molecule has 0 radical (unpaired) electrons. The Morgan fingerprint density at radius 2 is 1.69 bits per heavy atom. The zero-order chi connectivity index (χ0) is 23.4. The summed E-state index contributed by atoms with van der Waals surface area (Å²) in [6.07, 6.45) is 14.6. The molecule has 0 amide bonds. The third-order valence-electron chi connectivity index (χ3n) is 9.88. The van der Waals surface area contributed by atoms with E-state index in [0.717, 1.165) is 12.3 Å². The maximum Gasteiger partial charge on any atom is 0.308 e. The summed E-state index contributed by atoms with van der Waals surface area (Å²) in [7, 11) is 1.28. The van der Waals surface area contributed by atoms with Gasteiger partial charge in [-0.1, -0.05) is 39.3 Å². The molecular formula is C27H42O5. The highest BCUT2D eigenvalue weighted by Gasteiger charge is 2.63. The van der Waals surface area contributed by atoms with Crippen molar-refractivity contribution in [2.75, 3.05) is 13.7 Å². The number of carbonyl (C=O) groups is 2. The zero-order valence-electron chi connectivity index (χ0n) is 20.7. The Morgan fingerprint density at radius 1 is 1.00 bits per heavy atom. The van der Waals surface area contributed by atoms with Crippen LogP contribution in [0, 0.1) is 33.5 Å². The van der Waals surface area contributed by atoms with Crippen LogP contribution in [-0.4, -0.2) is 36.4 Å². The van der Waals surface area contributed by atoms with Gasteiger partial charge >= 0.3 is 11.9 Å². The smallest absolute Gasteiger partial charge is 0.308 e. The summed E-state index contributed by atoms with van der Waals surface area (Å²) in [6.45, 7) is 9.15. The van der Waals surface area contributed by atoms with Gasteiger partial charge < -0.3 is 14.6 Å². The van der Waals surface area contributed by atoms with Crippen molar-refractivity contribution in [3.8, 4) is 0 Å². The molecule has 1 spiro atoms. The minimum absolute atomic E-state index is 0.0401. The fourth-order valence-electron chi connectivity index (χ4n) is 8.49. The molecule has 2 bridgehead atoms. The molecule has 0 aromatic rings. The number of aliphatic hydroxyl groups is 1. The van der Waals surface area contributed by atoms with E-state index < -0.39 is 17.5 Å². The molecule has 0 saturated heterocycles. The van der Waals surface area contributed by atoms with Crippen molar-refractivity contribution < 1.29 is 24.2 Å². The molecule has 5 heteroatoms. The fourth-order valence-corrected chi connectivity index (χ4v) is 8.49. The Balaban J connectivity index is 1.44. The lowest BCUT2D eigenvalue weighted by Gasteiger charge is -2.64. The highest BCUT2D eigenvalue weighted by Crippen LogP contribution is 2.71. The van der Waals surface area contributed by atoms with Gasteiger partial charge in [0.1, 0.15) is 0 Å². The largest absolute Gasteiger partial charge is 0.469 e. The van der Waals surface area contributed by atoms with Gasteiger partial charge in [0.15, 0.2) is 0 Å². The molecule has 0 aromatic carbocycles. The van der Waals surface area contributed by atoms with Gasteiger partial charge in [-0.25, -0.2) is 0 Å². The van der Waals surface area contributed by atoms with Crippen molar-refractivity contribution in [2.45, 2.75) is 97.5 Å². The predicted octanol–water partition coefficient (Wildman–Crippen LogP) is 5.20. The van der Waals surface area contributed by atoms with Gasteiger partial charge in [0, 0.05) is 5.41 Å². The lowest BCUT2D eigenvalue weighted by molar-refractivity contribution is -0.174. The molecule has 4 aliphatic rings. The van der Waals surface area contributed by atoms with Crippen LogP contribution in [0.2, 0.25) is 0 Å². The average Bonchev–Trinajstić information content (AvgIpc) is 2.94. The van der Waals surface area contributed by atoms with Crippen molar-refractivity contribution >= 4 is 11.9 Å². The van der Waals surface area contributed by atoms with Gasteiger partial charge in [0.25, 0.3) is 0 Å². The number of ether oxygens (including phenoxy) is 2. The van der Waals surface area contributed by atoms with Gasteiger partial charge in [0.05, 0.1) is 32.2 Å². The number of hydrogen-bond acceptors (Lipinski definition) is 5. The van der Waals surface area contributed by atoms with E-state index in [4.69, 9.17) is 4.74 Å². The molecule has 4 aliphatic carbocycles. The normalized spacial score (nSPS) is 44.2. The highest BCUT2D eigenvalue weighted by molar-refractivity contribution is 5.74. The molecule has 4 rings (SSSR count). The quantitative estimate of drug-likeness (QED) is 0.448. The molecule has 0 aliphatic heterocycles. The Kier molecular flexibility index (Phi) is 5.84. The third kappa shape index (κ3) is 4.03. The average molecular weight is 447 g/mol. The van der Waals surface area contributed by atoms with E-state index in [1.54, 1.807) is 0 Å². The molecule has 180 valence electrons. The number of rotatable bonds is 6. The molecular weight excluding hydrogens is 404 g/mol. The first-order valence-corrected chi connectivity index (χ1v) is 12.5. The van der Waals surface area contributed by atoms with E-state index in [2.05, 4.69) is 37.7 Å². The minimum atomic E-state index is -1.45. The second kappa shape index (κ2) is 7.85. The molecule has 1 N–H and O–H groups in total. The second-order valence-electron chi connectivity index (χ2n) is 12.7. The summed E-state index contributed by atoms with van der Waals surface area (Å²) in [4.78, 5) is 24.1. The van der Waals surface area contributed by atoms with Crippen molar-refractivity contribution in [3.05, 3.63) is 12.2 Å². The Morgan fingerprint density at radius 3 is 2.41 bits per heavy atom.